The Morgan fingerprint density at radius 2 is 1.76 bits per heavy atom. The molecule has 1 amide bonds. The van der Waals surface area contributed by atoms with Crippen LogP contribution in [-0.2, 0) is 29.2 Å². The first-order valence-electron chi connectivity index (χ1n) is 11.2. The molecule has 0 aliphatic heterocycles. The molecule has 3 rings (SSSR count). The highest BCUT2D eigenvalue weighted by atomic mass is 16.6. The fraction of sp³-hybridized carbons (Fsp3) is 0.360. The van der Waals surface area contributed by atoms with Crippen molar-refractivity contribution in [3.8, 4) is 0 Å². The molecule has 0 saturated heterocycles. The standard InChI is InChI=1S/C25H30N4O5/c1-4-33-12-13-34-17-22-7-5-6-21(14-22)15-26-25(30)23-10-8-20(9-11-23)16-28-19(3)24(29(31)32)18(2)27-28/h5-11,14H,4,12-13,15-17H2,1-3H3,(H,26,30). The van der Waals surface area contributed by atoms with Gasteiger partial charge in [-0.25, -0.2) is 0 Å². The van der Waals surface area contributed by atoms with Gasteiger partial charge in [0.1, 0.15) is 11.4 Å². The maximum atomic E-state index is 12.6. The highest BCUT2D eigenvalue weighted by Crippen LogP contribution is 2.22. The van der Waals surface area contributed by atoms with Crippen LogP contribution in [0.3, 0.4) is 0 Å². The average Bonchev–Trinajstić information content (AvgIpc) is 3.10. The lowest BCUT2D eigenvalue weighted by Gasteiger charge is -2.09. The Balaban J connectivity index is 1.53. The maximum absolute atomic E-state index is 12.6. The van der Waals surface area contributed by atoms with Crippen LogP contribution < -0.4 is 5.32 Å². The lowest BCUT2D eigenvalue weighted by Crippen LogP contribution is -2.22. The maximum Gasteiger partial charge on any atom is 0.312 e. The van der Waals surface area contributed by atoms with Crippen molar-refractivity contribution in [2.24, 2.45) is 0 Å². The van der Waals surface area contributed by atoms with Crippen LogP contribution in [0, 0.1) is 24.0 Å². The molecule has 34 heavy (non-hydrogen) atoms. The number of ether oxygens (including phenoxy) is 2. The number of hydrogen-bond acceptors (Lipinski definition) is 6. The van der Waals surface area contributed by atoms with Crippen molar-refractivity contribution in [3.05, 3.63) is 92.3 Å². The molecule has 1 aromatic heterocycles. The smallest absolute Gasteiger partial charge is 0.312 e. The molecule has 180 valence electrons. The first-order chi connectivity index (χ1) is 16.4. The molecule has 0 saturated carbocycles. The predicted molar refractivity (Wildman–Crippen MR) is 128 cm³/mol. The van der Waals surface area contributed by atoms with Gasteiger partial charge in [-0.2, -0.15) is 5.10 Å². The summed E-state index contributed by atoms with van der Waals surface area (Å²) >= 11 is 0. The number of carbonyl (C=O) groups excluding carboxylic acids is 1. The average molecular weight is 467 g/mol. The van der Waals surface area contributed by atoms with Gasteiger partial charge in [0.05, 0.1) is 31.3 Å². The molecule has 0 aliphatic carbocycles. The van der Waals surface area contributed by atoms with Gasteiger partial charge in [0.25, 0.3) is 5.91 Å². The van der Waals surface area contributed by atoms with Crippen molar-refractivity contribution in [2.75, 3.05) is 19.8 Å². The summed E-state index contributed by atoms with van der Waals surface area (Å²) in [4.78, 5) is 23.4. The van der Waals surface area contributed by atoms with Gasteiger partial charge >= 0.3 is 5.69 Å². The van der Waals surface area contributed by atoms with Gasteiger partial charge in [-0.3, -0.25) is 19.6 Å². The zero-order valence-electron chi connectivity index (χ0n) is 19.7. The van der Waals surface area contributed by atoms with Gasteiger partial charge < -0.3 is 14.8 Å². The van der Waals surface area contributed by atoms with E-state index in [0.29, 0.717) is 56.5 Å². The van der Waals surface area contributed by atoms with Gasteiger partial charge in [0.2, 0.25) is 0 Å². The van der Waals surface area contributed by atoms with Crippen molar-refractivity contribution < 1.29 is 19.2 Å². The number of nitrogens with one attached hydrogen (secondary N) is 1. The van der Waals surface area contributed by atoms with Crippen LogP contribution in [0.2, 0.25) is 0 Å². The lowest BCUT2D eigenvalue weighted by molar-refractivity contribution is -0.386. The summed E-state index contributed by atoms with van der Waals surface area (Å²) in [6.07, 6.45) is 0. The second-order valence-electron chi connectivity index (χ2n) is 7.88. The number of hydrogen-bond donors (Lipinski definition) is 1. The molecular weight excluding hydrogens is 436 g/mol. The Morgan fingerprint density at radius 1 is 1.06 bits per heavy atom. The molecule has 3 aromatic rings. The minimum absolute atomic E-state index is 0.0390. The molecular formula is C25H30N4O5. The second-order valence-corrected chi connectivity index (χ2v) is 7.88. The third kappa shape index (κ3) is 6.72. The Labute approximate surface area is 198 Å². The summed E-state index contributed by atoms with van der Waals surface area (Å²) in [7, 11) is 0. The van der Waals surface area contributed by atoms with Crippen LogP contribution in [0.25, 0.3) is 0 Å². The van der Waals surface area contributed by atoms with E-state index in [4.69, 9.17) is 9.47 Å². The molecule has 0 unspecified atom stereocenters. The summed E-state index contributed by atoms with van der Waals surface area (Å²) in [5.74, 6) is -0.174. The van der Waals surface area contributed by atoms with Gasteiger partial charge in [0.15, 0.2) is 0 Å². The van der Waals surface area contributed by atoms with E-state index in [1.54, 1.807) is 30.7 Å². The topological polar surface area (TPSA) is 109 Å². The van der Waals surface area contributed by atoms with Gasteiger partial charge in [0, 0.05) is 18.7 Å². The summed E-state index contributed by atoms with van der Waals surface area (Å²) in [6.45, 7) is 8.34. The fourth-order valence-corrected chi connectivity index (χ4v) is 3.61. The Bertz CT molecular complexity index is 1120. The van der Waals surface area contributed by atoms with E-state index < -0.39 is 4.92 Å². The van der Waals surface area contributed by atoms with E-state index in [0.717, 1.165) is 16.7 Å². The fourth-order valence-electron chi connectivity index (χ4n) is 3.61. The van der Waals surface area contributed by atoms with E-state index in [2.05, 4.69) is 10.4 Å². The number of nitro groups is 1. The zero-order chi connectivity index (χ0) is 24.5. The molecule has 1 N–H and O–H groups in total. The first kappa shape index (κ1) is 25.1. The van der Waals surface area contributed by atoms with Gasteiger partial charge in [-0.05, 0) is 49.6 Å². The van der Waals surface area contributed by atoms with Gasteiger partial charge in [-0.1, -0.05) is 36.4 Å². The zero-order valence-corrected chi connectivity index (χ0v) is 19.7. The van der Waals surface area contributed by atoms with Gasteiger partial charge in [-0.15, -0.1) is 0 Å². The Hall–Kier alpha value is -3.56. The molecule has 0 atom stereocenters. The number of nitrogens with zero attached hydrogens (tertiary/aromatic N) is 3. The van der Waals surface area contributed by atoms with Crippen molar-refractivity contribution in [1.82, 2.24) is 15.1 Å². The lowest BCUT2D eigenvalue weighted by atomic mass is 10.1. The predicted octanol–water partition coefficient (Wildman–Crippen LogP) is 3.94. The minimum atomic E-state index is -0.410. The molecule has 9 nitrogen and oxygen atoms in total. The van der Waals surface area contributed by atoms with Crippen molar-refractivity contribution in [3.63, 3.8) is 0 Å². The molecule has 1 heterocycles. The van der Waals surface area contributed by atoms with E-state index in [9.17, 15) is 14.9 Å². The van der Waals surface area contributed by atoms with Crippen LogP contribution >= 0.6 is 0 Å². The number of rotatable bonds is 12. The number of benzene rings is 2. The SMILES string of the molecule is CCOCCOCc1cccc(CNC(=O)c2ccc(Cn3nc(C)c([N+](=O)[O-])c3C)cc2)c1. The van der Waals surface area contributed by atoms with E-state index in [-0.39, 0.29) is 11.6 Å². The van der Waals surface area contributed by atoms with Crippen molar-refractivity contribution >= 4 is 11.6 Å². The number of amides is 1. The summed E-state index contributed by atoms with van der Waals surface area (Å²) in [5.41, 5.74) is 4.40. The third-order valence-corrected chi connectivity index (χ3v) is 5.36. The molecule has 0 spiro atoms. The van der Waals surface area contributed by atoms with Crippen LogP contribution in [0.15, 0.2) is 48.5 Å². The Morgan fingerprint density at radius 3 is 2.44 bits per heavy atom. The minimum Gasteiger partial charge on any atom is -0.379 e. The Kier molecular flexibility index (Phi) is 8.89. The number of aromatic nitrogens is 2. The quantitative estimate of drug-likeness (QED) is 0.246. The summed E-state index contributed by atoms with van der Waals surface area (Å²) in [5, 5.41) is 18.4. The van der Waals surface area contributed by atoms with E-state index in [1.807, 2.05) is 43.3 Å². The van der Waals surface area contributed by atoms with E-state index >= 15 is 0 Å². The first-order valence-corrected chi connectivity index (χ1v) is 11.2. The van der Waals surface area contributed by atoms with Crippen LogP contribution in [0.5, 0.6) is 0 Å². The normalized spacial score (nSPS) is 10.9. The van der Waals surface area contributed by atoms with Crippen LogP contribution in [0.4, 0.5) is 5.69 Å². The van der Waals surface area contributed by atoms with Crippen molar-refractivity contribution in [1.29, 1.82) is 0 Å². The van der Waals surface area contributed by atoms with Crippen LogP contribution in [0.1, 0.15) is 45.4 Å². The number of aryl methyl sites for hydroxylation is 1. The molecule has 0 aliphatic rings. The largest absolute Gasteiger partial charge is 0.379 e. The monoisotopic (exact) mass is 466 g/mol. The second kappa shape index (κ2) is 12.1. The number of carbonyl (C=O) groups is 1. The molecule has 9 heteroatoms. The van der Waals surface area contributed by atoms with Crippen molar-refractivity contribution in [2.45, 2.75) is 40.5 Å². The highest BCUT2D eigenvalue weighted by Gasteiger charge is 2.21. The molecule has 0 radical (unpaired) electrons. The third-order valence-electron chi connectivity index (χ3n) is 5.36. The molecule has 0 fully saturated rings. The highest BCUT2D eigenvalue weighted by molar-refractivity contribution is 5.94. The molecule has 2 aromatic carbocycles. The van der Waals surface area contributed by atoms with Crippen LogP contribution in [-0.4, -0.2) is 40.4 Å². The summed E-state index contributed by atoms with van der Waals surface area (Å²) in [6, 6.07) is 15.1. The molecule has 0 bridgehead atoms. The summed E-state index contributed by atoms with van der Waals surface area (Å²) < 4.78 is 12.5. The van der Waals surface area contributed by atoms with E-state index in [1.165, 1.54) is 0 Å².